The monoisotopic (exact) mass is 294 g/mol. The van der Waals surface area contributed by atoms with Crippen LogP contribution in [0.5, 0.6) is 5.75 Å². The fraction of sp³-hybridized carbons (Fsp3) is 0.333. The van der Waals surface area contributed by atoms with Crippen molar-refractivity contribution < 1.29 is 14.3 Å². The van der Waals surface area contributed by atoms with E-state index in [1.54, 1.807) is 0 Å². The van der Waals surface area contributed by atoms with E-state index in [-0.39, 0.29) is 12.5 Å². The lowest BCUT2D eigenvalue weighted by Crippen LogP contribution is -2.14. The van der Waals surface area contributed by atoms with Gasteiger partial charge in [-0.25, -0.2) is 4.68 Å². The Bertz CT molecular complexity index is 547. The molecule has 0 aliphatic rings. The first-order valence-electron chi connectivity index (χ1n) is 5.93. The number of carbonyl (C=O) groups excluding carboxylic acids is 1. The van der Waals surface area contributed by atoms with Crippen molar-refractivity contribution in [3.8, 4) is 5.75 Å². The predicted octanol–water partition coefficient (Wildman–Crippen LogP) is 1.02. The highest BCUT2D eigenvalue weighted by Gasteiger charge is 2.10. The molecule has 0 bridgehead atoms. The molecule has 0 atom stereocenters. The Morgan fingerprint density at radius 2 is 2.15 bits per heavy atom. The summed E-state index contributed by atoms with van der Waals surface area (Å²) in [5, 5.41) is 11.7. The molecule has 0 amide bonds. The van der Waals surface area contributed by atoms with Crippen LogP contribution >= 0.6 is 11.8 Å². The largest absolute Gasteiger partial charge is 0.493 e. The third-order valence-electron chi connectivity index (χ3n) is 2.33. The van der Waals surface area contributed by atoms with Gasteiger partial charge in [0.2, 0.25) is 5.16 Å². The Hall–Kier alpha value is -2.09. The predicted molar refractivity (Wildman–Crippen MR) is 72.5 cm³/mol. The fourth-order valence-corrected chi connectivity index (χ4v) is 2.09. The Morgan fingerprint density at radius 3 is 2.90 bits per heavy atom. The van der Waals surface area contributed by atoms with E-state index in [4.69, 9.17) is 4.74 Å². The van der Waals surface area contributed by atoms with Crippen LogP contribution in [0.4, 0.5) is 0 Å². The molecule has 1 aromatic carbocycles. The van der Waals surface area contributed by atoms with E-state index >= 15 is 0 Å². The van der Waals surface area contributed by atoms with E-state index in [0.29, 0.717) is 17.5 Å². The third-order valence-corrected chi connectivity index (χ3v) is 3.25. The standard InChI is InChI=1S/C12H14N4O3S/c1-18-11(17)9-16-12(13-14-15-16)20-8-7-19-10-5-3-2-4-6-10/h2-6H,7-9H2,1H3. The Morgan fingerprint density at radius 1 is 1.35 bits per heavy atom. The summed E-state index contributed by atoms with van der Waals surface area (Å²) in [6.07, 6.45) is 0. The second-order valence-electron chi connectivity index (χ2n) is 3.71. The van der Waals surface area contributed by atoms with Crippen LogP contribution in [0.1, 0.15) is 0 Å². The minimum atomic E-state index is -0.389. The molecule has 1 aromatic heterocycles. The van der Waals surface area contributed by atoms with Crippen LogP contribution in [0.2, 0.25) is 0 Å². The second-order valence-corrected chi connectivity index (χ2v) is 4.77. The van der Waals surface area contributed by atoms with Gasteiger partial charge in [0.1, 0.15) is 12.3 Å². The molecule has 0 spiro atoms. The normalized spacial score (nSPS) is 10.2. The minimum absolute atomic E-state index is 0.00533. The van der Waals surface area contributed by atoms with Gasteiger partial charge in [0.25, 0.3) is 0 Å². The summed E-state index contributed by atoms with van der Waals surface area (Å²) in [4.78, 5) is 11.2. The topological polar surface area (TPSA) is 79.1 Å². The molecule has 0 N–H and O–H groups in total. The number of hydrogen-bond acceptors (Lipinski definition) is 7. The van der Waals surface area contributed by atoms with Crippen LogP contribution in [0.25, 0.3) is 0 Å². The smallest absolute Gasteiger partial charge is 0.327 e. The number of methoxy groups -OCH3 is 1. The van der Waals surface area contributed by atoms with E-state index in [2.05, 4.69) is 20.3 Å². The summed E-state index contributed by atoms with van der Waals surface area (Å²) >= 11 is 1.42. The van der Waals surface area contributed by atoms with E-state index in [1.165, 1.54) is 23.6 Å². The number of aromatic nitrogens is 4. The third kappa shape index (κ3) is 4.23. The van der Waals surface area contributed by atoms with Gasteiger partial charge in [-0.3, -0.25) is 4.79 Å². The Balaban J connectivity index is 1.77. The molecule has 0 unspecified atom stereocenters. The van der Waals surface area contributed by atoms with Crippen molar-refractivity contribution in [3.63, 3.8) is 0 Å². The van der Waals surface area contributed by atoms with Crippen LogP contribution in [-0.4, -0.2) is 45.6 Å². The average Bonchev–Trinajstić information content (AvgIpc) is 2.92. The molecular formula is C12H14N4O3S. The average molecular weight is 294 g/mol. The first kappa shape index (κ1) is 14.3. The maximum Gasteiger partial charge on any atom is 0.327 e. The quantitative estimate of drug-likeness (QED) is 0.428. The van der Waals surface area contributed by atoms with Crippen molar-refractivity contribution in [1.82, 2.24) is 20.2 Å². The number of tetrazole rings is 1. The highest BCUT2D eigenvalue weighted by molar-refractivity contribution is 7.99. The lowest BCUT2D eigenvalue weighted by Gasteiger charge is -2.05. The molecule has 0 saturated carbocycles. The number of rotatable bonds is 7. The van der Waals surface area contributed by atoms with E-state index < -0.39 is 0 Å². The first-order chi connectivity index (χ1) is 9.79. The van der Waals surface area contributed by atoms with E-state index in [9.17, 15) is 4.79 Å². The fourth-order valence-electron chi connectivity index (χ4n) is 1.40. The van der Waals surface area contributed by atoms with Crippen molar-refractivity contribution in [2.75, 3.05) is 19.5 Å². The van der Waals surface area contributed by atoms with Crippen molar-refractivity contribution in [1.29, 1.82) is 0 Å². The van der Waals surface area contributed by atoms with Gasteiger partial charge in [-0.1, -0.05) is 30.0 Å². The molecule has 2 rings (SSSR count). The number of benzene rings is 1. The van der Waals surface area contributed by atoms with Gasteiger partial charge < -0.3 is 9.47 Å². The summed E-state index contributed by atoms with van der Waals surface area (Å²) in [6, 6.07) is 9.55. The van der Waals surface area contributed by atoms with Gasteiger partial charge in [0.15, 0.2) is 0 Å². The zero-order valence-corrected chi connectivity index (χ0v) is 11.7. The molecule has 0 aliphatic heterocycles. The Kier molecular flexibility index (Phi) is 5.36. The van der Waals surface area contributed by atoms with Crippen molar-refractivity contribution >= 4 is 17.7 Å². The van der Waals surface area contributed by atoms with Crippen LogP contribution in [-0.2, 0) is 16.1 Å². The van der Waals surface area contributed by atoms with Crippen LogP contribution < -0.4 is 4.74 Å². The number of carbonyl (C=O) groups is 1. The summed E-state index contributed by atoms with van der Waals surface area (Å²) in [5.74, 6) is 1.11. The maximum atomic E-state index is 11.2. The summed E-state index contributed by atoms with van der Waals surface area (Å²) in [7, 11) is 1.33. The SMILES string of the molecule is COC(=O)Cn1nnnc1SCCOc1ccccc1. The van der Waals surface area contributed by atoms with Crippen molar-refractivity contribution in [2.24, 2.45) is 0 Å². The molecule has 0 radical (unpaired) electrons. The van der Waals surface area contributed by atoms with Gasteiger partial charge in [0, 0.05) is 5.75 Å². The molecule has 0 aliphatic carbocycles. The number of hydrogen-bond donors (Lipinski definition) is 0. The molecule has 7 nitrogen and oxygen atoms in total. The molecular weight excluding hydrogens is 280 g/mol. The number of thioether (sulfide) groups is 1. The summed E-state index contributed by atoms with van der Waals surface area (Å²) in [5.41, 5.74) is 0. The minimum Gasteiger partial charge on any atom is -0.493 e. The first-order valence-corrected chi connectivity index (χ1v) is 6.92. The Labute approximate surface area is 120 Å². The molecule has 8 heteroatoms. The number of nitrogens with zero attached hydrogens (tertiary/aromatic N) is 4. The van der Waals surface area contributed by atoms with Gasteiger partial charge >= 0.3 is 5.97 Å². The highest BCUT2D eigenvalue weighted by Crippen LogP contribution is 2.14. The van der Waals surface area contributed by atoms with Gasteiger partial charge in [-0.2, -0.15) is 0 Å². The molecule has 1 heterocycles. The second kappa shape index (κ2) is 7.49. The van der Waals surface area contributed by atoms with Gasteiger partial charge in [-0.15, -0.1) is 5.10 Å². The van der Waals surface area contributed by atoms with E-state index in [0.717, 1.165) is 5.75 Å². The highest BCUT2D eigenvalue weighted by atomic mass is 32.2. The van der Waals surface area contributed by atoms with Gasteiger partial charge in [-0.05, 0) is 22.6 Å². The number of esters is 1. The van der Waals surface area contributed by atoms with E-state index in [1.807, 2.05) is 30.3 Å². The summed E-state index contributed by atoms with van der Waals surface area (Å²) in [6.45, 7) is 0.533. The van der Waals surface area contributed by atoms with Crippen LogP contribution in [0.15, 0.2) is 35.5 Å². The molecule has 0 fully saturated rings. The van der Waals surface area contributed by atoms with Crippen molar-refractivity contribution in [3.05, 3.63) is 30.3 Å². The molecule has 20 heavy (non-hydrogen) atoms. The number of ether oxygens (including phenoxy) is 2. The van der Waals surface area contributed by atoms with Crippen LogP contribution in [0.3, 0.4) is 0 Å². The van der Waals surface area contributed by atoms with Gasteiger partial charge in [0.05, 0.1) is 13.7 Å². The maximum absolute atomic E-state index is 11.2. The lowest BCUT2D eigenvalue weighted by atomic mass is 10.3. The zero-order chi connectivity index (χ0) is 14.2. The molecule has 0 saturated heterocycles. The summed E-state index contributed by atoms with van der Waals surface area (Å²) < 4.78 is 11.5. The van der Waals surface area contributed by atoms with Crippen molar-refractivity contribution in [2.45, 2.75) is 11.7 Å². The number of para-hydroxylation sites is 1. The molecule has 106 valence electrons. The van der Waals surface area contributed by atoms with Crippen LogP contribution in [0, 0.1) is 0 Å². The lowest BCUT2D eigenvalue weighted by molar-refractivity contribution is -0.141. The molecule has 2 aromatic rings. The zero-order valence-electron chi connectivity index (χ0n) is 10.9.